The van der Waals surface area contributed by atoms with E-state index in [1.165, 1.54) is 5.56 Å². The molecule has 2 amide bonds. The van der Waals surface area contributed by atoms with Crippen LogP contribution < -0.4 is 0 Å². The van der Waals surface area contributed by atoms with Crippen LogP contribution in [0.4, 0.5) is 0 Å². The van der Waals surface area contributed by atoms with Crippen LogP contribution in [0.5, 0.6) is 0 Å². The van der Waals surface area contributed by atoms with Gasteiger partial charge in [0, 0.05) is 39.2 Å². The van der Waals surface area contributed by atoms with Gasteiger partial charge in [-0.15, -0.1) is 0 Å². The first-order chi connectivity index (χ1) is 12.2. The molecule has 1 unspecified atom stereocenters. The monoisotopic (exact) mass is 344 g/mol. The average molecular weight is 344 g/mol. The number of likely N-dealkylation sites (tertiary alicyclic amines) is 1. The molecule has 0 bridgehead atoms. The van der Waals surface area contributed by atoms with Crippen LogP contribution in [0.3, 0.4) is 0 Å². The van der Waals surface area contributed by atoms with E-state index in [2.05, 4.69) is 12.1 Å². The number of benzene rings is 1. The Morgan fingerprint density at radius 3 is 2.84 bits per heavy atom. The molecule has 25 heavy (non-hydrogen) atoms. The summed E-state index contributed by atoms with van der Waals surface area (Å²) in [5.74, 6) is 0.342. The van der Waals surface area contributed by atoms with Gasteiger partial charge < -0.3 is 14.5 Å². The van der Waals surface area contributed by atoms with Crippen molar-refractivity contribution in [1.29, 1.82) is 0 Å². The Hall–Kier alpha value is -1.88. The van der Waals surface area contributed by atoms with Crippen molar-refractivity contribution in [2.45, 2.75) is 32.1 Å². The molecule has 0 aliphatic carbocycles. The molecule has 136 valence electrons. The molecule has 1 atom stereocenters. The maximum atomic E-state index is 12.8. The van der Waals surface area contributed by atoms with Crippen LogP contribution in [0.1, 0.15) is 31.2 Å². The summed E-state index contributed by atoms with van der Waals surface area (Å²) in [5, 5.41) is 0. The van der Waals surface area contributed by atoms with E-state index in [1.807, 2.05) is 28.0 Å². The molecule has 2 aliphatic rings. The van der Waals surface area contributed by atoms with Gasteiger partial charge in [-0.1, -0.05) is 30.3 Å². The third-order valence-electron chi connectivity index (χ3n) is 5.12. The first kappa shape index (κ1) is 17.9. The molecule has 5 heteroatoms. The quantitative estimate of drug-likeness (QED) is 0.822. The standard InChI is InChI=1S/C20H28N2O3/c23-19-10-9-18(20(24)21-12-5-14-25-15-13-21)16-22(19)11-4-8-17-6-2-1-3-7-17/h1-3,6-7,18H,4-5,8-16H2. The molecule has 0 radical (unpaired) electrons. The van der Waals surface area contributed by atoms with E-state index in [0.717, 1.165) is 39.0 Å². The third-order valence-corrected chi connectivity index (χ3v) is 5.12. The molecule has 2 saturated heterocycles. The normalized spacial score (nSPS) is 21.9. The van der Waals surface area contributed by atoms with Gasteiger partial charge in [-0.05, 0) is 31.2 Å². The van der Waals surface area contributed by atoms with E-state index in [-0.39, 0.29) is 17.7 Å². The number of piperidine rings is 1. The van der Waals surface area contributed by atoms with Crippen LogP contribution in [0, 0.1) is 5.92 Å². The Kier molecular flexibility index (Phi) is 6.45. The Labute approximate surface area is 149 Å². The molecule has 0 saturated carbocycles. The second-order valence-electron chi connectivity index (χ2n) is 6.96. The van der Waals surface area contributed by atoms with Gasteiger partial charge in [0.15, 0.2) is 0 Å². The van der Waals surface area contributed by atoms with Crippen LogP contribution in [0.15, 0.2) is 30.3 Å². The summed E-state index contributed by atoms with van der Waals surface area (Å²) in [7, 11) is 0. The molecule has 2 aliphatic heterocycles. The number of hydrogen-bond acceptors (Lipinski definition) is 3. The predicted molar refractivity (Wildman–Crippen MR) is 96.1 cm³/mol. The molecule has 0 aromatic heterocycles. The SMILES string of the molecule is O=C1CCC(C(=O)N2CCCOCC2)CN1CCCc1ccccc1. The highest BCUT2D eigenvalue weighted by Gasteiger charge is 2.32. The molecule has 1 aromatic carbocycles. The van der Waals surface area contributed by atoms with Crippen molar-refractivity contribution in [3.63, 3.8) is 0 Å². The maximum absolute atomic E-state index is 12.8. The largest absolute Gasteiger partial charge is 0.380 e. The van der Waals surface area contributed by atoms with Crippen molar-refractivity contribution in [2.24, 2.45) is 5.92 Å². The summed E-state index contributed by atoms with van der Waals surface area (Å²) < 4.78 is 5.44. The minimum Gasteiger partial charge on any atom is -0.380 e. The minimum atomic E-state index is -0.0486. The highest BCUT2D eigenvalue weighted by atomic mass is 16.5. The molecule has 3 rings (SSSR count). The zero-order valence-corrected chi connectivity index (χ0v) is 14.9. The lowest BCUT2D eigenvalue weighted by Crippen LogP contribution is -2.47. The molecular weight excluding hydrogens is 316 g/mol. The van der Waals surface area contributed by atoms with Gasteiger partial charge in [0.1, 0.15) is 0 Å². The fourth-order valence-electron chi connectivity index (χ4n) is 3.68. The summed E-state index contributed by atoms with van der Waals surface area (Å²) in [6, 6.07) is 10.3. The van der Waals surface area contributed by atoms with Crippen LogP contribution >= 0.6 is 0 Å². The smallest absolute Gasteiger partial charge is 0.227 e. The van der Waals surface area contributed by atoms with Gasteiger partial charge in [-0.25, -0.2) is 0 Å². The van der Waals surface area contributed by atoms with E-state index in [1.54, 1.807) is 0 Å². The van der Waals surface area contributed by atoms with E-state index < -0.39 is 0 Å². The Morgan fingerprint density at radius 2 is 2.00 bits per heavy atom. The van der Waals surface area contributed by atoms with Gasteiger partial charge >= 0.3 is 0 Å². The van der Waals surface area contributed by atoms with Gasteiger partial charge in [-0.2, -0.15) is 0 Å². The number of aryl methyl sites for hydroxylation is 1. The minimum absolute atomic E-state index is 0.0486. The Balaban J connectivity index is 1.50. The lowest BCUT2D eigenvalue weighted by molar-refractivity contribution is -0.143. The topological polar surface area (TPSA) is 49.9 Å². The summed E-state index contributed by atoms with van der Waals surface area (Å²) in [6.45, 7) is 4.12. The summed E-state index contributed by atoms with van der Waals surface area (Å²) in [6.07, 6.45) is 3.98. The first-order valence-electron chi connectivity index (χ1n) is 9.42. The summed E-state index contributed by atoms with van der Waals surface area (Å²) in [4.78, 5) is 28.8. The summed E-state index contributed by atoms with van der Waals surface area (Å²) >= 11 is 0. The molecular formula is C20H28N2O3. The zero-order chi connectivity index (χ0) is 17.5. The van der Waals surface area contributed by atoms with Crippen molar-refractivity contribution in [3.8, 4) is 0 Å². The number of hydrogen-bond donors (Lipinski definition) is 0. The fourth-order valence-corrected chi connectivity index (χ4v) is 3.68. The van der Waals surface area contributed by atoms with Gasteiger partial charge in [-0.3, -0.25) is 9.59 Å². The number of ether oxygens (including phenoxy) is 1. The second kappa shape index (κ2) is 8.99. The van der Waals surface area contributed by atoms with E-state index >= 15 is 0 Å². The van der Waals surface area contributed by atoms with Crippen molar-refractivity contribution in [3.05, 3.63) is 35.9 Å². The Morgan fingerprint density at radius 1 is 1.16 bits per heavy atom. The van der Waals surface area contributed by atoms with Crippen molar-refractivity contribution in [2.75, 3.05) is 39.4 Å². The van der Waals surface area contributed by atoms with Crippen LogP contribution in [0.25, 0.3) is 0 Å². The average Bonchev–Trinajstić information content (AvgIpc) is 2.93. The molecule has 2 heterocycles. The number of amides is 2. The van der Waals surface area contributed by atoms with Crippen LogP contribution in [-0.4, -0.2) is 61.0 Å². The van der Waals surface area contributed by atoms with Crippen LogP contribution in [0.2, 0.25) is 0 Å². The van der Waals surface area contributed by atoms with Crippen molar-refractivity contribution in [1.82, 2.24) is 9.80 Å². The lowest BCUT2D eigenvalue weighted by Gasteiger charge is -2.34. The highest BCUT2D eigenvalue weighted by Crippen LogP contribution is 2.21. The Bertz CT molecular complexity index is 568. The van der Waals surface area contributed by atoms with Gasteiger partial charge in [0.2, 0.25) is 11.8 Å². The molecule has 0 spiro atoms. The van der Waals surface area contributed by atoms with E-state index in [4.69, 9.17) is 4.74 Å². The number of carbonyl (C=O) groups is 2. The number of nitrogens with zero attached hydrogens (tertiary/aromatic N) is 2. The second-order valence-corrected chi connectivity index (χ2v) is 6.96. The van der Waals surface area contributed by atoms with Crippen LogP contribution in [-0.2, 0) is 20.7 Å². The van der Waals surface area contributed by atoms with E-state index in [9.17, 15) is 9.59 Å². The lowest BCUT2D eigenvalue weighted by atomic mass is 9.95. The maximum Gasteiger partial charge on any atom is 0.227 e. The third kappa shape index (κ3) is 5.05. The predicted octanol–water partition coefficient (Wildman–Crippen LogP) is 2.11. The highest BCUT2D eigenvalue weighted by molar-refractivity contribution is 5.83. The summed E-state index contributed by atoms with van der Waals surface area (Å²) in [5.41, 5.74) is 1.30. The van der Waals surface area contributed by atoms with Crippen molar-refractivity contribution >= 4 is 11.8 Å². The molecule has 2 fully saturated rings. The number of rotatable bonds is 5. The van der Waals surface area contributed by atoms with Gasteiger partial charge in [0.25, 0.3) is 0 Å². The zero-order valence-electron chi connectivity index (χ0n) is 14.9. The number of carbonyl (C=O) groups excluding carboxylic acids is 2. The molecule has 1 aromatic rings. The first-order valence-corrected chi connectivity index (χ1v) is 9.42. The van der Waals surface area contributed by atoms with Gasteiger partial charge in [0.05, 0.1) is 12.5 Å². The molecule has 5 nitrogen and oxygen atoms in total. The fraction of sp³-hybridized carbons (Fsp3) is 0.600. The van der Waals surface area contributed by atoms with E-state index in [0.29, 0.717) is 32.5 Å². The molecule has 0 N–H and O–H groups in total. The van der Waals surface area contributed by atoms with Crippen molar-refractivity contribution < 1.29 is 14.3 Å².